The van der Waals surface area contributed by atoms with E-state index in [2.05, 4.69) is 0 Å². The smallest absolute Gasteiger partial charge is 0.307 e. The molecule has 1 amide bonds. The number of ether oxygens (including phenoxy) is 3. The topological polar surface area (TPSA) is 65.1 Å². The van der Waals surface area contributed by atoms with Crippen LogP contribution in [0.2, 0.25) is 0 Å². The molecule has 1 aromatic rings. The van der Waals surface area contributed by atoms with Gasteiger partial charge in [0.2, 0.25) is 0 Å². The van der Waals surface area contributed by atoms with Crippen LogP contribution in [0.25, 0.3) is 6.08 Å². The Morgan fingerprint density at radius 1 is 1.27 bits per heavy atom. The van der Waals surface area contributed by atoms with E-state index in [-0.39, 0.29) is 24.8 Å². The lowest BCUT2D eigenvalue weighted by atomic mass is 10.2. The number of thioether (sulfide) groups is 1. The lowest BCUT2D eigenvalue weighted by Gasteiger charge is -2.13. The molecule has 0 atom stereocenters. The van der Waals surface area contributed by atoms with Crippen molar-refractivity contribution in [3.05, 3.63) is 28.7 Å². The van der Waals surface area contributed by atoms with Gasteiger partial charge in [0, 0.05) is 6.54 Å². The summed E-state index contributed by atoms with van der Waals surface area (Å²) < 4.78 is 16.1. The highest BCUT2D eigenvalue weighted by Crippen LogP contribution is 2.34. The molecule has 0 N–H and O–H groups in total. The summed E-state index contributed by atoms with van der Waals surface area (Å²) in [6, 6.07) is 5.45. The SMILES string of the molecule is CCOC(=O)CCN1C(=O)/C(=C/c2ccc(OCC)c(OC)c2)SC1=S. The zero-order chi connectivity index (χ0) is 19.1. The molecule has 140 valence electrons. The van der Waals surface area contributed by atoms with Crippen molar-refractivity contribution in [2.75, 3.05) is 26.9 Å². The van der Waals surface area contributed by atoms with E-state index in [0.29, 0.717) is 33.9 Å². The van der Waals surface area contributed by atoms with E-state index in [4.69, 9.17) is 26.4 Å². The quantitative estimate of drug-likeness (QED) is 0.380. The highest BCUT2D eigenvalue weighted by molar-refractivity contribution is 8.26. The first-order valence-corrected chi connectivity index (χ1v) is 9.44. The fourth-order valence-electron chi connectivity index (χ4n) is 2.33. The van der Waals surface area contributed by atoms with Crippen LogP contribution < -0.4 is 9.47 Å². The second-order valence-corrected chi connectivity index (χ2v) is 6.91. The van der Waals surface area contributed by atoms with Gasteiger partial charge in [-0.1, -0.05) is 30.0 Å². The van der Waals surface area contributed by atoms with Crippen molar-refractivity contribution in [3.63, 3.8) is 0 Å². The minimum Gasteiger partial charge on any atom is -0.493 e. The zero-order valence-electron chi connectivity index (χ0n) is 14.9. The summed E-state index contributed by atoms with van der Waals surface area (Å²) in [7, 11) is 1.57. The molecule has 0 saturated carbocycles. The van der Waals surface area contributed by atoms with Gasteiger partial charge in [-0.15, -0.1) is 0 Å². The van der Waals surface area contributed by atoms with Gasteiger partial charge >= 0.3 is 5.97 Å². The number of methoxy groups -OCH3 is 1. The summed E-state index contributed by atoms with van der Waals surface area (Å²) in [5.74, 6) is 0.687. The first-order valence-electron chi connectivity index (χ1n) is 8.22. The molecule has 1 aromatic carbocycles. The average Bonchev–Trinajstić information content (AvgIpc) is 2.88. The van der Waals surface area contributed by atoms with Crippen LogP contribution in [0, 0.1) is 0 Å². The van der Waals surface area contributed by atoms with E-state index >= 15 is 0 Å². The van der Waals surface area contributed by atoms with Crippen molar-refractivity contribution < 1.29 is 23.8 Å². The van der Waals surface area contributed by atoms with E-state index in [1.54, 1.807) is 32.2 Å². The molecule has 2 rings (SSSR count). The molecular formula is C18H21NO5S2. The van der Waals surface area contributed by atoms with Crippen LogP contribution in [0.15, 0.2) is 23.1 Å². The summed E-state index contributed by atoms with van der Waals surface area (Å²) in [5, 5.41) is 0. The molecule has 0 aliphatic carbocycles. The first-order chi connectivity index (χ1) is 12.5. The molecule has 1 heterocycles. The third kappa shape index (κ3) is 4.98. The molecule has 1 fully saturated rings. The lowest BCUT2D eigenvalue weighted by Crippen LogP contribution is -2.30. The summed E-state index contributed by atoms with van der Waals surface area (Å²) >= 11 is 6.48. The predicted octanol–water partition coefficient (Wildman–Crippen LogP) is 3.25. The van der Waals surface area contributed by atoms with E-state index < -0.39 is 0 Å². The molecular weight excluding hydrogens is 374 g/mol. The van der Waals surface area contributed by atoms with Crippen molar-refractivity contribution in [3.8, 4) is 11.5 Å². The monoisotopic (exact) mass is 395 g/mol. The Balaban J connectivity index is 2.13. The largest absolute Gasteiger partial charge is 0.493 e. The van der Waals surface area contributed by atoms with E-state index in [1.165, 1.54) is 16.7 Å². The van der Waals surface area contributed by atoms with Crippen molar-refractivity contribution in [1.82, 2.24) is 4.90 Å². The Bertz CT molecular complexity index is 732. The molecule has 1 aliphatic heterocycles. The molecule has 0 unspecified atom stereocenters. The lowest BCUT2D eigenvalue weighted by molar-refractivity contribution is -0.143. The van der Waals surface area contributed by atoms with Gasteiger partial charge in [-0.2, -0.15) is 0 Å². The van der Waals surface area contributed by atoms with Gasteiger partial charge in [-0.05, 0) is 37.6 Å². The van der Waals surface area contributed by atoms with Gasteiger partial charge in [-0.3, -0.25) is 14.5 Å². The molecule has 8 heteroatoms. The van der Waals surface area contributed by atoms with Gasteiger partial charge in [0.15, 0.2) is 11.5 Å². The second kappa shape index (κ2) is 9.59. The Hall–Kier alpha value is -2.06. The number of benzene rings is 1. The molecule has 0 spiro atoms. The molecule has 26 heavy (non-hydrogen) atoms. The van der Waals surface area contributed by atoms with Crippen molar-refractivity contribution >= 4 is 46.3 Å². The second-order valence-electron chi connectivity index (χ2n) is 5.23. The number of hydrogen-bond acceptors (Lipinski definition) is 7. The Morgan fingerprint density at radius 2 is 2.04 bits per heavy atom. The minimum absolute atomic E-state index is 0.116. The Morgan fingerprint density at radius 3 is 2.69 bits per heavy atom. The van der Waals surface area contributed by atoms with Crippen LogP contribution in [-0.2, 0) is 14.3 Å². The third-order valence-corrected chi connectivity index (χ3v) is 4.88. The van der Waals surface area contributed by atoms with Crippen molar-refractivity contribution in [1.29, 1.82) is 0 Å². The molecule has 1 aliphatic rings. The molecule has 6 nitrogen and oxygen atoms in total. The molecule has 1 saturated heterocycles. The van der Waals surface area contributed by atoms with Gasteiger partial charge in [0.25, 0.3) is 5.91 Å². The number of carbonyl (C=O) groups excluding carboxylic acids is 2. The maximum atomic E-state index is 12.6. The Labute approximate surface area is 162 Å². The number of nitrogens with zero attached hydrogens (tertiary/aromatic N) is 1. The third-order valence-electron chi connectivity index (χ3n) is 3.50. The molecule has 0 bridgehead atoms. The molecule has 0 aromatic heterocycles. The van der Waals surface area contributed by atoms with E-state index in [0.717, 1.165) is 5.56 Å². The fraction of sp³-hybridized carbons (Fsp3) is 0.389. The van der Waals surface area contributed by atoms with Gasteiger partial charge in [-0.25, -0.2) is 0 Å². The van der Waals surface area contributed by atoms with Gasteiger partial charge in [0.1, 0.15) is 4.32 Å². The highest BCUT2D eigenvalue weighted by atomic mass is 32.2. The number of esters is 1. The standard InChI is InChI=1S/C18H21NO5S2/c1-4-23-13-7-6-12(10-14(13)22-3)11-15-17(21)19(18(25)26-15)9-8-16(20)24-5-2/h6-7,10-11H,4-5,8-9H2,1-3H3/b15-11-. The van der Waals surface area contributed by atoms with Crippen LogP contribution >= 0.6 is 24.0 Å². The predicted molar refractivity (Wildman–Crippen MR) is 105 cm³/mol. The van der Waals surface area contributed by atoms with Crippen LogP contribution in [0.3, 0.4) is 0 Å². The number of thiocarbonyl (C=S) groups is 1. The maximum absolute atomic E-state index is 12.6. The summed E-state index contributed by atoms with van der Waals surface area (Å²) in [6.45, 7) is 4.71. The maximum Gasteiger partial charge on any atom is 0.307 e. The zero-order valence-corrected chi connectivity index (χ0v) is 16.6. The average molecular weight is 396 g/mol. The first kappa shape index (κ1) is 20.3. The summed E-state index contributed by atoms with van der Waals surface area (Å²) in [6.07, 6.45) is 1.87. The fourth-order valence-corrected chi connectivity index (χ4v) is 3.64. The van der Waals surface area contributed by atoms with Crippen LogP contribution in [-0.4, -0.2) is 48.0 Å². The number of carbonyl (C=O) groups is 2. The van der Waals surface area contributed by atoms with Gasteiger partial charge < -0.3 is 14.2 Å². The van der Waals surface area contributed by atoms with Crippen LogP contribution in [0.1, 0.15) is 25.8 Å². The van der Waals surface area contributed by atoms with E-state index in [1.807, 2.05) is 13.0 Å². The van der Waals surface area contributed by atoms with Crippen molar-refractivity contribution in [2.24, 2.45) is 0 Å². The number of rotatable bonds is 8. The minimum atomic E-state index is -0.346. The highest BCUT2D eigenvalue weighted by Gasteiger charge is 2.32. The van der Waals surface area contributed by atoms with Gasteiger partial charge in [0.05, 0.1) is 31.6 Å². The van der Waals surface area contributed by atoms with Crippen LogP contribution in [0.5, 0.6) is 11.5 Å². The molecule has 0 radical (unpaired) electrons. The summed E-state index contributed by atoms with van der Waals surface area (Å²) in [4.78, 5) is 26.0. The van der Waals surface area contributed by atoms with E-state index in [9.17, 15) is 9.59 Å². The number of hydrogen-bond donors (Lipinski definition) is 0. The Kier molecular flexibility index (Phi) is 7.47. The van der Waals surface area contributed by atoms with Crippen LogP contribution in [0.4, 0.5) is 0 Å². The van der Waals surface area contributed by atoms with Crippen molar-refractivity contribution in [2.45, 2.75) is 20.3 Å². The summed E-state index contributed by atoms with van der Waals surface area (Å²) in [5.41, 5.74) is 0.802. The number of amides is 1. The normalized spacial score (nSPS) is 15.5.